The maximum atomic E-state index is 13.8. The fourth-order valence-electron chi connectivity index (χ4n) is 2.83. The number of esters is 1. The van der Waals surface area contributed by atoms with E-state index in [0.717, 1.165) is 0 Å². The minimum Gasteiger partial charge on any atom is -0.452 e. The normalized spacial score (nSPS) is 14.2. The highest BCUT2D eigenvalue weighted by atomic mass is 79.9. The minimum atomic E-state index is -0.546. The van der Waals surface area contributed by atoms with Gasteiger partial charge < -0.3 is 14.5 Å². The van der Waals surface area contributed by atoms with Crippen LogP contribution in [0.3, 0.4) is 0 Å². The fourth-order valence-corrected chi connectivity index (χ4v) is 3.27. The molecule has 1 aliphatic heterocycles. The van der Waals surface area contributed by atoms with Crippen molar-refractivity contribution >= 4 is 33.5 Å². The molecule has 0 aliphatic carbocycles. The van der Waals surface area contributed by atoms with Gasteiger partial charge in [0, 0.05) is 30.7 Å². The molecule has 0 unspecified atom stereocenters. The third-order valence-corrected chi connectivity index (χ3v) is 4.94. The fraction of sp³-hybridized carbons (Fsp3) is 0.263. The van der Waals surface area contributed by atoms with E-state index in [2.05, 4.69) is 15.9 Å². The van der Waals surface area contributed by atoms with Gasteiger partial charge in [-0.3, -0.25) is 4.79 Å². The Labute approximate surface area is 159 Å². The SMILES string of the molecule is O=C(OCC(=O)N1CCN(c2ccccc2F)CC1)c1ccccc1Br. The van der Waals surface area contributed by atoms with E-state index in [0.29, 0.717) is 41.9 Å². The lowest BCUT2D eigenvalue weighted by Gasteiger charge is -2.36. The number of amides is 1. The summed E-state index contributed by atoms with van der Waals surface area (Å²) in [5, 5.41) is 0. The van der Waals surface area contributed by atoms with Gasteiger partial charge in [0.1, 0.15) is 5.82 Å². The number of para-hydroxylation sites is 1. The first kappa shape index (κ1) is 18.4. The van der Waals surface area contributed by atoms with Crippen LogP contribution in [0.15, 0.2) is 53.0 Å². The molecule has 136 valence electrons. The highest BCUT2D eigenvalue weighted by molar-refractivity contribution is 9.10. The Hall–Kier alpha value is -2.41. The van der Waals surface area contributed by atoms with E-state index in [4.69, 9.17) is 4.74 Å². The summed E-state index contributed by atoms with van der Waals surface area (Å²) in [6.07, 6.45) is 0. The highest BCUT2D eigenvalue weighted by Gasteiger charge is 2.23. The molecule has 0 spiro atoms. The summed E-state index contributed by atoms with van der Waals surface area (Å²) in [7, 11) is 0. The molecule has 1 saturated heterocycles. The van der Waals surface area contributed by atoms with E-state index < -0.39 is 5.97 Å². The van der Waals surface area contributed by atoms with Gasteiger partial charge in [-0.2, -0.15) is 0 Å². The molecule has 2 aromatic rings. The molecule has 5 nitrogen and oxygen atoms in total. The number of ether oxygens (including phenoxy) is 1. The predicted molar refractivity (Wildman–Crippen MR) is 99.6 cm³/mol. The van der Waals surface area contributed by atoms with E-state index in [1.54, 1.807) is 47.4 Å². The van der Waals surface area contributed by atoms with Gasteiger partial charge in [-0.25, -0.2) is 9.18 Å². The third kappa shape index (κ3) is 4.22. The second kappa shape index (κ2) is 8.31. The molecule has 0 bridgehead atoms. The number of rotatable bonds is 4. The zero-order valence-corrected chi connectivity index (χ0v) is 15.6. The molecule has 0 radical (unpaired) electrons. The maximum Gasteiger partial charge on any atom is 0.339 e. The number of hydrogen-bond acceptors (Lipinski definition) is 4. The van der Waals surface area contributed by atoms with Crippen LogP contribution in [-0.2, 0) is 9.53 Å². The Balaban J connectivity index is 1.50. The van der Waals surface area contributed by atoms with E-state index in [1.165, 1.54) is 6.07 Å². The van der Waals surface area contributed by atoms with Crippen molar-refractivity contribution < 1.29 is 18.7 Å². The molecule has 0 N–H and O–H groups in total. The Morgan fingerprint density at radius 2 is 1.65 bits per heavy atom. The Bertz CT molecular complexity index is 807. The molecule has 0 atom stereocenters. The van der Waals surface area contributed by atoms with Crippen LogP contribution < -0.4 is 4.90 Å². The van der Waals surface area contributed by atoms with Gasteiger partial charge in [-0.05, 0) is 40.2 Å². The molecular weight excluding hydrogens is 403 g/mol. The van der Waals surface area contributed by atoms with Crippen LogP contribution in [0.1, 0.15) is 10.4 Å². The first-order chi connectivity index (χ1) is 12.6. The zero-order chi connectivity index (χ0) is 18.5. The van der Waals surface area contributed by atoms with Crippen molar-refractivity contribution in [1.82, 2.24) is 4.90 Å². The summed E-state index contributed by atoms with van der Waals surface area (Å²) >= 11 is 3.28. The van der Waals surface area contributed by atoms with Gasteiger partial charge in [-0.1, -0.05) is 24.3 Å². The van der Waals surface area contributed by atoms with Gasteiger partial charge in [0.15, 0.2) is 6.61 Å². The van der Waals surface area contributed by atoms with Gasteiger partial charge in [-0.15, -0.1) is 0 Å². The van der Waals surface area contributed by atoms with Crippen LogP contribution in [0.5, 0.6) is 0 Å². The first-order valence-electron chi connectivity index (χ1n) is 8.25. The van der Waals surface area contributed by atoms with Crippen LogP contribution >= 0.6 is 15.9 Å². The molecule has 26 heavy (non-hydrogen) atoms. The largest absolute Gasteiger partial charge is 0.452 e. The third-order valence-electron chi connectivity index (χ3n) is 4.25. The first-order valence-corrected chi connectivity index (χ1v) is 9.04. The molecule has 1 amide bonds. The molecule has 1 heterocycles. The van der Waals surface area contributed by atoms with Crippen LogP contribution in [0, 0.1) is 5.82 Å². The van der Waals surface area contributed by atoms with Crippen molar-refractivity contribution in [3.63, 3.8) is 0 Å². The molecule has 2 aromatic carbocycles. The number of carbonyl (C=O) groups is 2. The molecule has 0 aromatic heterocycles. The molecule has 0 saturated carbocycles. The molecule has 1 fully saturated rings. The summed E-state index contributed by atoms with van der Waals surface area (Å²) in [6.45, 7) is 1.68. The number of anilines is 1. The monoisotopic (exact) mass is 420 g/mol. The summed E-state index contributed by atoms with van der Waals surface area (Å²) in [5.74, 6) is -1.07. The van der Waals surface area contributed by atoms with Crippen molar-refractivity contribution in [2.75, 3.05) is 37.7 Å². The van der Waals surface area contributed by atoms with Crippen molar-refractivity contribution in [2.24, 2.45) is 0 Å². The number of benzene rings is 2. The van der Waals surface area contributed by atoms with E-state index in [1.807, 2.05) is 4.90 Å². The highest BCUT2D eigenvalue weighted by Crippen LogP contribution is 2.20. The topological polar surface area (TPSA) is 49.9 Å². The van der Waals surface area contributed by atoms with Crippen LogP contribution in [0.25, 0.3) is 0 Å². The summed E-state index contributed by atoms with van der Waals surface area (Å²) in [4.78, 5) is 27.9. The zero-order valence-electron chi connectivity index (χ0n) is 14.0. The lowest BCUT2D eigenvalue weighted by Crippen LogP contribution is -2.50. The number of halogens is 2. The smallest absolute Gasteiger partial charge is 0.339 e. The lowest BCUT2D eigenvalue weighted by atomic mass is 10.2. The number of carbonyl (C=O) groups excluding carboxylic acids is 2. The van der Waals surface area contributed by atoms with Crippen molar-refractivity contribution in [3.05, 3.63) is 64.4 Å². The van der Waals surface area contributed by atoms with E-state index in [9.17, 15) is 14.0 Å². The second-order valence-electron chi connectivity index (χ2n) is 5.88. The minimum absolute atomic E-state index is 0.251. The van der Waals surface area contributed by atoms with Gasteiger partial charge in [0.2, 0.25) is 0 Å². The Kier molecular flexibility index (Phi) is 5.88. The van der Waals surface area contributed by atoms with Crippen LogP contribution in [0.4, 0.5) is 10.1 Å². The Morgan fingerprint density at radius 3 is 2.35 bits per heavy atom. The summed E-state index contributed by atoms with van der Waals surface area (Å²) in [6, 6.07) is 13.5. The van der Waals surface area contributed by atoms with Crippen molar-refractivity contribution in [2.45, 2.75) is 0 Å². The van der Waals surface area contributed by atoms with Crippen LogP contribution in [-0.4, -0.2) is 49.6 Å². The average Bonchev–Trinajstić information content (AvgIpc) is 2.67. The molecule has 1 aliphatic rings. The maximum absolute atomic E-state index is 13.8. The summed E-state index contributed by atoms with van der Waals surface area (Å²) < 4.78 is 19.6. The van der Waals surface area contributed by atoms with E-state index >= 15 is 0 Å². The lowest BCUT2D eigenvalue weighted by molar-refractivity contribution is -0.134. The van der Waals surface area contributed by atoms with Crippen LogP contribution in [0.2, 0.25) is 0 Å². The summed E-state index contributed by atoms with van der Waals surface area (Å²) in [5.41, 5.74) is 0.921. The van der Waals surface area contributed by atoms with Gasteiger partial charge >= 0.3 is 5.97 Å². The Morgan fingerprint density at radius 1 is 1.00 bits per heavy atom. The number of piperazine rings is 1. The molecule has 7 heteroatoms. The number of nitrogens with zero attached hydrogens (tertiary/aromatic N) is 2. The molecular formula is C19H18BrFN2O3. The van der Waals surface area contributed by atoms with Gasteiger partial charge in [0.05, 0.1) is 11.3 Å². The predicted octanol–water partition coefficient (Wildman–Crippen LogP) is 3.09. The van der Waals surface area contributed by atoms with Crippen molar-refractivity contribution in [1.29, 1.82) is 0 Å². The number of hydrogen-bond donors (Lipinski definition) is 0. The average molecular weight is 421 g/mol. The van der Waals surface area contributed by atoms with Crippen molar-refractivity contribution in [3.8, 4) is 0 Å². The standard InChI is InChI=1S/C19H18BrFN2O3/c20-15-6-2-1-5-14(15)19(25)26-13-18(24)23-11-9-22(10-12-23)17-8-4-3-7-16(17)21/h1-8H,9-13H2. The van der Waals surface area contributed by atoms with E-state index in [-0.39, 0.29) is 18.3 Å². The quantitative estimate of drug-likeness (QED) is 0.713. The molecule has 3 rings (SSSR count). The van der Waals surface area contributed by atoms with Gasteiger partial charge in [0.25, 0.3) is 5.91 Å². The second-order valence-corrected chi connectivity index (χ2v) is 6.73.